The van der Waals surface area contributed by atoms with Gasteiger partial charge in [-0.05, 0) is 57.7 Å². The van der Waals surface area contributed by atoms with E-state index in [4.69, 9.17) is 0 Å². The minimum Gasteiger partial charge on any atom is -0.392 e. The van der Waals surface area contributed by atoms with Gasteiger partial charge in [-0.25, -0.2) is 0 Å². The van der Waals surface area contributed by atoms with Crippen molar-refractivity contribution in [3.63, 3.8) is 0 Å². The molecule has 0 spiro atoms. The lowest BCUT2D eigenvalue weighted by Gasteiger charge is -2.35. The number of piperidine rings is 1. The smallest absolute Gasteiger partial charge is 0.0692 e. The highest BCUT2D eigenvalue weighted by atomic mass is 16.3. The van der Waals surface area contributed by atoms with E-state index in [0.717, 1.165) is 25.3 Å². The lowest BCUT2D eigenvalue weighted by molar-refractivity contribution is 0.0914. The predicted octanol–water partition coefficient (Wildman–Crippen LogP) is 2.88. The Bertz CT molecular complexity index is 235. The number of rotatable bonds is 9. The van der Waals surface area contributed by atoms with Crippen LogP contribution in [0.2, 0.25) is 0 Å². The summed E-state index contributed by atoms with van der Waals surface area (Å²) in [5.41, 5.74) is 0. The van der Waals surface area contributed by atoms with E-state index in [1.165, 1.54) is 38.9 Å². The third-order valence-corrected chi connectivity index (χ3v) is 5.12. The molecule has 1 heterocycles. The van der Waals surface area contributed by atoms with Crippen molar-refractivity contribution >= 4 is 0 Å². The zero-order valence-electron chi connectivity index (χ0n) is 14.1. The van der Waals surface area contributed by atoms with Gasteiger partial charge in [0.2, 0.25) is 0 Å². The van der Waals surface area contributed by atoms with Gasteiger partial charge in [-0.15, -0.1) is 0 Å². The van der Waals surface area contributed by atoms with Gasteiger partial charge in [0, 0.05) is 12.6 Å². The summed E-state index contributed by atoms with van der Waals surface area (Å²) >= 11 is 0. The van der Waals surface area contributed by atoms with Crippen molar-refractivity contribution in [3.8, 4) is 0 Å². The molecule has 1 aliphatic rings. The first-order valence-corrected chi connectivity index (χ1v) is 8.76. The highest BCUT2D eigenvalue weighted by molar-refractivity contribution is 4.81. The van der Waals surface area contributed by atoms with Crippen molar-refractivity contribution in [2.75, 3.05) is 26.2 Å². The van der Waals surface area contributed by atoms with Gasteiger partial charge in [0.25, 0.3) is 0 Å². The summed E-state index contributed by atoms with van der Waals surface area (Å²) < 4.78 is 0. The average molecular weight is 284 g/mol. The van der Waals surface area contributed by atoms with Gasteiger partial charge in [0.1, 0.15) is 0 Å². The van der Waals surface area contributed by atoms with Crippen LogP contribution in [0.3, 0.4) is 0 Å². The van der Waals surface area contributed by atoms with Crippen molar-refractivity contribution in [1.82, 2.24) is 10.2 Å². The Morgan fingerprint density at radius 3 is 2.25 bits per heavy atom. The second-order valence-electron chi connectivity index (χ2n) is 6.52. The number of hydrogen-bond donors (Lipinski definition) is 2. The molecule has 0 aliphatic carbocycles. The quantitative estimate of drug-likeness (QED) is 0.683. The standard InChI is InChI=1S/C17H36N2O/c1-5-10-19-11-8-16(9-12-19)14(4)18-13-17(20)15(6-2)7-3/h14-18,20H,5-13H2,1-4H3. The number of nitrogens with zero attached hydrogens (tertiary/aromatic N) is 1. The van der Waals surface area contributed by atoms with Crippen LogP contribution in [-0.2, 0) is 0 Å². The lowest BCUT2D eigenvalue weighted by Crippen LogP contribution is -2.45. The van der Waals surface area contributed by atoms with Crippen molar-refractivity contribution in [2.24, 2.45) is 11.8 Å². The molecule has 0 saturated carbocycles. The molecule has 1 saturated heterocycles. The van der Waals surface area contributed by atoms with E-state index >= 15 is 0 Å². The second-order valence-corrected chi connectivity index (χ2v) is 6.52. The minimum atomic E-state index is -0.187. The summed E-state index contributed by atoms with van der Waals surface area (Å²) in [7, 11) is 0. The largest absolute Gasteiger partial charge is 0.392 e. The van der Waals surface area contributed by atoms with Crippen molar-refractivity contribution in [3.05, 3.63) is 0 Å². The Morgan fingerprint density at radius 2 is 1.75 bits per heavy atom. The molecule has 2 unspecified atom stereocenters. The van der Waals surface area contributed by atoms with Gasteiger partial charge in [-0.2, -0.15) is 0 Å². The zero-order valence-corrected chi connectivity index (χ0v) is 14.1. The van der Waals surface area contributed by atoms with E-state index < -0.39 is 0 Å². The SMILES string of the molecule is CCCN1CCC(C(C)NCC(O)C(CC)CC)CC1. The number of hydrogen-bond acceptors (Lipinski definition) is 3. The monoisotopic (exact) mass is 284 g/mol. The predicted molar refractivity (Wildman–Crippen MR) is 87.0 cm³/mol. The molecule has 0 amide bonds. The van der Waals surface area contributed by atoms with Gasteiger partial charge in [-0.3, -0.25) is 0 Å². The highest BCUT2D eigenvalue weighted by Crippen LogP contribution is 2.21. The van der Waals surface area contributed by atoms with Crippen LogP contribution >= 0.6 is 0 Å². The van der Waals surface area contributed by atoms with Crippen LogP contribution in [0.1, 0.15) is 59.8 Å². The van der Waals surface area contributed by atoms with Crippen LogP contribution in [0.25, 0.3) is 0 Å². The summed E-state index contributed by atoms with van der Waals surface area (Å²) in [6.45, 7) is 13.4. The Kier molecular flexibility index (Phi) is 8.74. The third-order valence-electron chi connectivity index (χ3n) is 5.12. The summed E-state index contributed by atoms with van der Waals surface area (Å²) in [6.07, 6.45) is 5.82. The molecule has 2 N–H and O–H groups in total. The van der Waals surface area contributed by atoms with E-state index in [9.17, 15) is 5.11 Å². The Balaban J connectivity index is 2.24. The first kappa shape index (κ1) is 17.9. The van der Waals surface area contributed by atoms with E-state index in [1.54, 1.807) is 0 Å². The van der Waals surface area contributed by atoms with Crippen LogP contribution in [0.5, 0.6) is 0 Å². The van der Waals surface area contributed by atoms with Crippen molar-refractivity contribution < 1.29 is 5.11 Å². The average Bonchev–Trinajstić information content (AvgIpc) is 2.47. The maximum atomic E-state index is 10.2. The van der Waals surface area contributed by atoms with Gasteiger partial charge in [0.05, 0.1) is 6.10 Å². The van der Waals surface area contributed by atoms with Crippen LogP contribution in [-0.4, -0.2) is 48.3 Å². The molecular weight excluding hydrogens is 248 g/mol. The van der Waals surface area contributed by atoms with Gasteiger partial charge >= 0.3 is 0 Å². The number of aliphatic hydroxyl groups is 1. The number of nitrogens with one attached hydrogen (secondary N) is 1. The van der Waals surface area contributed by atoms with E-state index in [2.05, 4.69) is 37.9 Å². The number of aliphatic hydroxyl groups excluding tert-OH is 1. The molecule has 1 aliphatic heterocycles. The summed E-state index contributed by atoms with van der Waals surface area (Å²) in [5, 5.41) is 13.8. The molecule has 3 nitrogen and oxygen atoms in total. The Labute approximate surface area is 126 Å². The number of likely N-dealkylation sites (tertiary alicyclic amines) is 1. The van der Waals surface area contributed by atoms with Gasteiger partial charge in [-0.1, -0.05) is 33.6 Å². The molecule has 0 aromatic heterocycles. The van der Waals surface area contributed by atoms with Gasteiger partial charge < -0.3 is 15.3 Å². The first-order valence-electron chi connectivity index (χ1n) is 8.76. The summed E-state index contributed by atoms with van der Waals surface area (Å²) in [4.78, 5) is 2.59. The molecule has 2 atom stereocenters. The van der Waals surface area contributed by atoms with Crippen molar-refractivity contribution in [2.45, 2.75) is 71.9 Å². The third kappa shape index (κ3) is 5.71. The Morgan fingerprint density at radius 1 is 1.15 bits per heavy atom. The second kappa shape index (κ2) is 9.75. The van der Waals surface area contributed by atoms with Crippen LogP contribution < -0.4 is 5.32 Å². The molecule has 120 valence electrons. The fourth-order valence-corrected chi connectivity index (χ4v) is 3.47. The van der Waals surface area contributed by atoms with Gasteiger partial charge in [0.15, 0.2) is 0 Å². The normalized spacial score (nSPS) is 21.3. The maximum Gasteiger partial charge on any atom is 0.0692 e. The fourth-order valence-electron chi connectivity index (χ4n) is 3.47. The highest BCUT2D eigenvalue weighted by Gasteiger charge is 2.24. The molecule has 1 fully saturated rings. The van der Waals surface area contributed by atoms with Crippen LogP contribution in [0.4, 0.5) is 0 Å². The zero-order chi connectivity index (χ0) is 15.0. The van der Waals surface area contributed by atoms with Crippen molar-refractivity contribution in [1.29, 1.82) is 0 Å². The van der Waals surface area contributed by atoms with Crippen LogP contribution in [0, 0.1) is 11.8 Å². The molecule has 0 aromatic carbocycles. The first-order chi connectivity index (χ1) is 9.62. The molecule has 0 bridgehead atoms. The Hall–Kier alpha value is -0.120. The van der Waals surface area contributed by atoms with Crippen LogP contribution in [0.15, 0.2) is 0 Å². The minimum absolute atomic E-state index is 0.187. The fraction of sp³-hybridized carbons (Fsp3) is 1.00. The lowest BCUT2D eigenvalue weighted by atomic mass is 9.89. The molecular formula is C17H36N2O. The maximum absolute atomic E-state index is 10.2. The van der Waals surface area contributed by atoms with E-state index in [1.807, 2.05) is 0 Å². The summed E-state index contributed by atoms with van der Waals surface area (Å²) in [6, 6.07) is 0.530. The molecule has 0 aromatic rings. The summed E-state index contributed by atoms with van der Waals surface area (Å²) in [5.74, 6) is 1.22. The van der Waals surface area contributed by atoms with E-state index in [0.29, 0.717) is 12.0 Å². The molecule has 0 radical (unpaired) electrons. The molecule has 3 heteroatoms. The molecule has 1 rings (SSSR count). The molecule has 20 heavy (non-hydrogen) atoms. The topological polar surface area (TPSA) is 35.5 Å². The van der Waals surface area contributed by atoms with E-state index in [-0.39, 0.29) is 6.10 Å².